The summed E-state index contributed by atoms with van der Waals surface area (Å²) in [5.41, 5.74) is 1.20. The van der Waals surface area contributed by atoms with Crippen molar-refractivity contribution in [1.29, 1.82) is 0 Å². The van der Waals surface area contributed by atoms with E-state index in [0.717, 1.165) is 43.9 Å². The summed E-state index contributed by atoms with van der Waals surface area (Å²) in [6.45, 7) is 7.70. The number of carbonyl (C=O) groups is 1. The second kappa shape index (κ2) is 7.39. The van der Waals surface area contributed by atoms with E-state index < -0.39 is 0 Å². The van der Waals surface area contributed by atoms with Crippen LogP contribution >= 0.6 is 0 Å². The molecule has 0 N–H and O–H groups in total. The number of nitrogens with zero attached hydrogens (tertiary/aromatic N) is 2. The van der Waals surface area contributed by atoms with E-state index in [1.165, 1.54) is 19.3 Å². The maximum absolute atomic E-state index is 12.8. The number of amides is 1. The summed E-state index contributed by atoms with van der Waals surface area (Å²) in [5.74, 6) is 1.04. The van der Waals surface area contributed by atoms with Gasteiger partial charge in [-0.05, 0) is 49.9 Å². The van der Waals surface area contributed by atoms with Gasteiger partial charge in [-0.15, -0.1) is 6.58 Å². The zero-order valence-corrected chi connectivity index (χ0v) is 14.7. The Morgan fingerprint density at radius 2 is 2.12 bits per heavy atom. The number of likely N-dealkylation sites (tertiary alicyclic amines) is 2. The normalized spacial score (nSPS) is 24.3. The minimum Gasteiger partial charge on any atom is -0.497 e. The molecule has 3 rings (SSSR count). The zero-order valence-electron chi connectivity index (χ0n) is 14.7. The Bertz CT molecular complexity index is 601. The molecule has 4 heteroatoms. The summed E-state index contributed by atoms with van der Waals surface area (Å²) >= 11 is 0. The maximum Gasteiger partial charge on any atom is 0.227 e. The summed E-state index contributed by atoms with van der Waals surface area (Å²) in [6, 6.07) is 7.81. The first-order valence-electron chi connectivity index (χ1n) is 8.93. The molecule has 2 saturated heterocycles. The summed E-state index contributed by atoms with van der Waals surface area (Å²) in [5, 5.41) is 0. The molecule has 0 saturated carbocycles. The molecule has 1 unspecified atom stereocenters. The van der Waals surface area contributed by atoms with Crippen molar-refractivity contribution in [2.45, 2.75) is 37.6 Å². The highest BCUT2D eigenvalue weighted by Gasteiger charge is 2.44. The lowest BCUT2D eigenvalue weighted by atomic mass is 9.86. The van der Waals surface area contributed by atoms with Crippen molar-refractivity contribution in [2.24, 2.45) is 0 Å². The van der Waals surface area contributed by atoms with Gasteiger partial charge in [0, 0.05) is 25.2 Å². The Morgan fingerprint density at radius 3 is 2.88 bits per heavy atom. The van der Waals surface area contributed by atoms with E-state index in [2.05, 4.69) is 16.4 Å². The quantitative estimate of drug-likeness (QED) is 0.779. The molecule has 0 aliphatic carbocycles. The first-order chi connectivity index (χ1) is 11.7. The van der Waals surface area contributed by atoms with Crippen LogP contribution in [0.3, 0.4) is 0 Å². The van der Waals surface area contributed by atoms with Crippen LogP contribution in [-0.2, 0) is 11.2 Å². The van der Waals surface area contributed by atoms with Crippen LogP contribution in [0.1, 0.15) is 31.2 Å². The van der Waals surface area contributed by atoms with E-state index in [1.807, 2.05) is 30.3 Å². The molecule has 0 bridgehead atoms. The molecular formula is C20H28N2O2. The highest BCUT2D eigenvalue weighted by atomic mass is 16.5. The largest absolute Gasteiger partial charge is 0.497 e. The third kappa shape index (κ3) is 3.48. The van der Waals surface area contributed by atoms with Gasteiger partial charge in [-0.1, -0.05) is 18.2 Å². The number of carbonyl (C=O) groups excluding carboxylic acids is 1. The van der Waals surface area contributed by atoms with Crippen molar-refractivity contribution in [3.63, 3.8) is 0 Å². The monoisotopic (exact) mass is 328 g/mol. The van der Waals surface area contributed by atoms with Gasteiger partial charge in [0.2, 0.25) is 5.91 Å². The van der Waals surface area contributed by atoms with Gasteiger partial charge in [-0.2, -0.15) is 0 Å². The third-order valence-electron chi connectivity index (χ3n) is 5.49. The number of benzene rings is 1. The van der Waals surface area contributed by atoms with E-state index in [4.69, 9.17) is 4.74 Å². The topological polar surface area (TPSA) is 32.8 Å². The van der Waals surface area contributed by atoms with Gasteiger partial charge in [0.25, 0.3) is 0 Å². The maximum atomic E-state index is 12.8. The first-order valence-corrected chi connectivity index (χ1v) is 8.93. The van der Waals surface area contributed by atoms with Crippen LogP contribution < -0.4 is 4.74 Å². The lowest BCUT2D eigenvalue weighted by Gasteiger charge is -2.46. The number of methoxy groups -OCH3 is 1. The van der Waals surface area contributed by atoms with Gasteiger partial charge in [0.1, 0.15) is 5.75 Å². The second-order valence-corrected chi connectivity index (χ2v) is 7.01. The van der Waals surface area contributed by atoms with Crippen LogP contribution in [-0.4, -0.2) is 54.5 Å². The van der Waals surface area contributed by atoms with Crippen molar-refractivity contribution >= 4 is 5.91 Å². The molecule has 130 valence electrons. The predicted octanol–water partition coefficient (Wildman–Crippen LogP) is 2.88. The van der Waals surface area contributed by atoms with Gasteiger partial charge in [0.15, 0.2) is 0 Å². The lowest BCUT2D eigenvalue weighted by Crippen LogP contribution is -2.57. The Hall–Kier alpha value is -1.81. The van der Waals surface area contributed by atoms with E-state index in [-0.39, 0.29) is 11.4 Å². The number of piperidine rings is 1. The molecule has 0 radical (unpaired) electrons. The first kappa shape index (κ1) is 17.0. The number of ether oxygens (including phenoxy) is 1. The van der Waals surface area contributed by atoms with Crippen molar-refractivity contribution in [1.82, 2.24) is 9.80 Å². The summed E-state index contributed by atoms with van der Waals surface area (Å²) in [6.07, 6.45) is 7.16. The van der Waals surface area contributed by atoms with Crippen molar-refractivity contribution in [2.75, 3.05) is 33.3 Å². The van der Waals surface area contributed by atoms with Crippen LogP contribution in [0.25, 0.3) is 0 Å². The summed E-state index contributed by atoms with van der Waals surface area (Å²) in [7, 11) is 1.66. The molecule has 1 atom stereocenters. The smallest absolute Gasteiger partial charge is 0.227 e. The van der Waals surface area contributed by atoms with E-state index in [1.54, 1.807) is 7.11 Å². The molecule has 0 aromatic heterocycles. The minimum absolute atomic E-state index is 0.177. The standard InChI is InChI=1S/C20H28N2O2/c1-3-11-22-13-6-10-20(22)9-5-12-21(16-20)19(23)15-17-7-4-8-18(14-17)24-2/h3-4,7-8,14H,1,5-6,9-13,15-16H2,2H3. The molecule has 2 aliphatic heterocycles. The van der Waals surface area contributed by atoms with Crippen molar-refractivity contribution < 1.29 is 9.53 Å². The van der Waals surface area contributed by atoms with Gasteiger partial charge in [-0.25, -0.2) is 0 Å². The fourth-order valence-electron chi connectivity index (χ4n) is 4.29. The SMILES string of the molecule is C=CCN1CCCC12CCCN(C(=O)Cc1cccc(OC)c1)C2. The minimum atomic E-state index is 0.177. The van der Waals surface area contributed by atoms with E-state index in [0.29, 0.717) is 6.42 Å². The molecule has 4 nitrogen and oxygen atoms in total. The molecule has 1 spiro atoms. The van der Waals surface area contributed by atoms with Gasteiger partial charge in [0.05, 0.1) is 13.5 Å². The highest BCUT2D eigenvalue weighted by Crippen LogP contribution is 2.37. The lowest BCUT2D eigenvalue weighted by molar-refractivity contribution is -0.134. The Kier molecular flexibility index (Phi) is 5.24. The molecule has 1 aromatic rings. The van der Waals surface area contributed by atoms with E-state index >= 15 is 0 Å². The average molecular weight is 328 g/mol. The number of rotatable bonds is 5. The van der Waals surface area contributed by atoms with Crippen LogP contribution in [0.15, 0.2) is 36.9 Å². The zero-order chi connectivity index (χ0) is 17.0. The Balaban J connectivity index is 1.67. The fraction of sp³-hybridized carbons (Fsp3) is 0.550. The molecule has 24 heavy (non-hydrogen) atoms. The second-order valence-electron chi connectivity index (χ2n) is 7.01. The van der Waals surface area contributed by atoms with Gasteiger partial charge in [-0.3, -0.25) is 9.69 Å². The molecule has 2 aliphatic rings. The van der Waals surface area contributed by atoms with Crippen LogP contribution in [0.4, 0.5) is 0 Å². The van der Waals surface area contributed by atoms with Gasteiger partial charge < -0.3 is 9.64 Å². The van der Waals surface area contributed by atoms with E-state index in [9.17, 15) is 4.79 Å². The van der Waals surface area contributed by atoms with Crippen molar-refractivity contribution in [3.05, 3.63) is 42.5 Å². The van der Waals surface area contributed by atoms with Crippen LogP contribution in [0.5, 0.6) is 5.75 Å². The molecular weight excluding hydrogens is 300 g/mol. The molecule has 2 heterocycles. The molecule has 1 aromatic carbocycles. The highest BCUT2D eigenvalue weighted by molar-refractivity contribution is 5.79. The third-order valence-corrected chi connectivity index (χ3v) is 5.49. The van der Waals surface area contributed by atoms with Crippen molar-refractivity contribution in [3.8, 4) is 5.75 Å². The summed E-state index contributed by atoms with van der Waals surface area (Å²) < 4.78 is 5.26. The Morgan fingerprint density at radius 1 is 1.33 bits per heavy atom. The van der Waals surface area contributed by atoms with Crippen LogP contribution in [0, 0.1) is 0 Å². The molecule has 1 amide bonds. The van der Waals surface area contributed by atoms with Crippen LogP contribution in [0.2, 0.25) is 0 Å². The number of hydrogen-bond donors (Lipinski definition) is 0. The average Bonchev–Trinajstić information content (AvgIpc) is 2.97. The van der Waals surface area contributed by atoms with Gasteiger partial charge >= 0.3 is 0 Å². The molecule has 2 fully saturated rings. The summed E-state index contributed by atoms with van der Waals surface area (Å²) in [4.78, 5) is 17.4. The fourth-order valence-corrected chi connectivity index (χ4v) is 4.29. The predicted molar refractivity (Wildman–Crippen MR) is 96.2 cm³/mol. The number of hydrogen-bond acceptors (Lipinski definition) is 3. The Labute approximate surface area is 145 Å².